The molecule has 0 amide bonds. The van der Waals surface area contributed by atoms with Gasteiger partial charge >= 0.3 is 0 Å². The number of aromatic nitrogens is 1. The molecule has 2 aliphatic rings. The molecule has 0 saturated carbocycles. The van der Waals surface area contributed by atoms with E-state index in [-0.39, 0.29) is 12.4 Å². The van der Waals surface area contributed by atoms with Gasteiger partial charge in [0.05, 0.1) is 19.2 Å². The van der Waals surface area contributed by atoms with Gasteiger partial charge in [-0.15, -0.1) is 0 Å². The zero-order valence-electron chi connectivity index (χ0n) is 16.0. The lowest BCUT2D eigenvalue weighted by molar-refractivity contribution is 0.197. The first-order chi connectivity index (χ1) is 13.2. The van der Waals surface area contributed by atoms with Gasteiger partial charge in [0.1, 0.15) is 0 Å². The fourth-order valence-corrected chi connectivity index (χ4v) is 4.49. The van der Waals surface area contributed by atoms with Crippen LogP contribution in [-0.2, 0) is 12.8 Å². The fraction of sp³-hybridized carbons (Fsp3) is 0.571. The van der Waals surface area contributed by atoms with Crippen molar-refractivity contribution in [2.45, 2.75) is 44.6 Å². The van der Waals surface area contributed by atoms with Crippen LogP contribution in [0.25, 0.3) is 10.9 Å². The van der Waals surface area contributed by atoms with Crippen LogP contribution in [0.15, 0.2) is 12.1 Å². The number of phenols is 1. The predicted molar refractivity (Wildman–Crippen MR) is 107 cm³/mol. The molecule has 3 N–H and O–H groups in total. The van der Waals surface area contributed by atoms with Crippen molar-refractivity contribution in [2.75, 3.05) is 38.7 Å². The van der Waals surface area contributed by atoms with Crippen LogP contribution < -0.4 is 10.1 Å². The van der Waals surface area contributed by atoms with Gasteiger partial charge in [-0.25, -0.2) is 0 Å². The summed E-state index contributed by atoms with van der Waals surface area (Å²) in [5.74, 6) is 0.609. The summed E-state index contributed by atoms with van der Waals surface area (Å²) in [6.45, 7) is 2.93. The van der Waals surface area contributed by atoms with E-state index in [4.69, 9.17) is 9.72 Å². The fourth-order valence-electron chi connectivity index (χ4n) is 4.49. The average molecular weight is 371 g/mol. The van der Waals surface area contributed by atoms with Crippen LogP contribution in [0, 0.1) is 0 Å². The molecule has 1 aliphatic carbocycles. The third kappa shape index (κ3) is 3.69. The Labute approximate surface area is 160 Å². The minimum Gasteiger partial charge on any atom is -0.504 e. The van der Waals surface area contributed by atoms with Gasteiger partial charge in [0.15, 0.2) is 11.5 Å². The van der Waals surface area contributed by atoms with Crippen LogP contribution in [0.2, 0.25) is 0 Å². The number of hydrogen-bond acceptors (Lipinski definition) is 6. The number of ether oxygens (including phenoxy) is 1. The SMILES string of the molecule is COc1cc2c(N[C@@H]3CCCCN(CCO)C3)c3c(nc2cc1O)CCC3. The van der Waals surface area contributed by atoms with Crippen LogP contribution in [0.4, 0.5) is 5.69 Å². The number of β-amino-alcohol motifs (C(OH)–C–C–N with tert-alkyl or cyclic N) is 1. The number of benzene rings is 1. The Hall–Kier alpha value is -2.05. The Morgan fingerprint density at radius 2 is 2.15 bits per heavy atom. The van der Waals surface area contributed by atoms with Gasteiger partial charge in [0.2, 0.25) is 0 Å². The van der Waals surface area contributed by atoms with Crippen molar-refractivity contribution in [1.29, 1.82) is 0 Å². The first-order valence-corrected chi connectivity index (χ1v) is 10.0. The van der Waals surface area contributed by atoms with Gasteiger partial charge in [-0.2, -0.15) is 0 Å². The normalized spacial score (nSPS) is 20.4. The van der Waals surface area contributed by atoms with Crippen molar-refractivity contribution in [1.82, 2.24) is 9.88 Å². The number of fused-ring (bicyclic) bond motifs is 2. The summed E-state index contributed by atoms with van der Waals surface area (Å²) >= 11 is 0. The van der Waals surface area contributed by atoms with Crippen molar-refractivity contribution in [3.63, 3.8) is 0 Å². The van der Waals surface area contributed by atoms with Crippen molar-refractivity contribution in [3.8, 4) is 11.5 Å². The standard InChI is InChI=1S/C21H29N3O3/c1-27-20-11-16-18(12-19(20)26)23-17-7-4-6-15(17)21(16)22-14-5-2-3-8-24(13-14)9-10-25/h11-12,14,25-26H,2-10,13H2,1H3,(H,22,23)/t14-/m1/s1. The number of methoxy groups -OCH3 is 1. The number of hydrogen-bond donors (Lipinski definition) is 3. The Kier molecular flexibility index (Phi) is 5.36. The molecule has 2 aromatic rings. The van der Waals surface area contributed by atoms with E-state index in [1.807, 2.05) is 6.07 Å². The molecule has 6 heteroatoms. The number of pyridine rings is 1. The number of nitrogens with one attached hydrogen (secondary N) is 1. The van der Waals surface area contributed by atoms with Crippen LogP contribution in [0.3, 0.4) is 0 Å². The number of rotatable bonds is 5. The summed E-state index contributed by atoms with van der Waals surface area (Å²) in [6, 6.07) is 3.96. The lowest BCUT2D eigenvalue weighted by Gasteiger charge is -2.26. The van der Waals surface area contributed by atoms with E-state index >= 15 is 0 Å². The maximum atomic E-state index is 10.2. The first-order valence-electron chi connectivity index (χ1n) is 10.0. The highest BCUT2D eigenvalue weighted by atomic mass is 16.5. The smallest absolute Gasteiger partial charge is 0.161 e. The van der Waals surface area contributed by atoms with Crippen LogP contribution >= 0.6 is 0 Å². The largest absolute Gasteiger partial charge is 0.504 e. The second-order valence-electron chi connectivity index (χ2n) is 7.67. The highest BCUT2D eigenvalue weighted by Gasteiger charge is 2.24. The van der Waals surface area contributed by atoms with Crippen molar-refractivity contribution in [3.05, 3.63) is 23.4 Å². The van der Waals surface area contributed by atoms with Crippen LogP contribution in [0.1, 0.15) is 36.9 Å². The van der Waals surface area contributed by atoms with E-state index in [2.05, 4.69) is 10.2 Å². The summed E-state index contributed by atoms with van der Waals surface area (Å²) in [6.07, 6.45) is 6.64. The molecule has 1 fully saturated rings. The quantitative estimate of drug-likeness (QED) is 0.750. The van der Waals surface area contributed by atoms with Crippen LogP contribution in [-0.4, -0.2) is 59.5 Å². The molecule has 0 spiro atoms. The Bertz CT molecular complexity index is 824. The molecule has 1 aromatic carbocycles. The zero-order chi connectivity index (χ0) is 18.8. The average Bonchev–Trinajstić information content (AvgIpc) is 3.01. The van der Waals surface area contributed by atoms with Crippen molar-refractivity contribution >= 4 is 16.6 Å². The number of anilines is 1. The summed E-state index contributed by atoms with van der Waals surface area (Å²) in [5, 5.41) is 24.4. The summed E-state index contributed by atoms with van der Waals surface area (Å²) < 4.78 is 5.34. The summed E-state index contributed by atoms with van der Waals surface area (Å²) in [7, 11) is 1.58. The molecular weight excluding hydrogens is 342 g/mol. The molecule has 0 bridgehead atoms. The Morgan fingerprint density at radius 1 is 1.26 bits per heavy atom. The van der Waals surface area contributed by atoms with Crippen molar-refractivity contribution in [2.24, 2.45) is 0 Å². The maximum absolute atomic E-state index is 10.2. The van der Waals surface area contributed by atoms with Gasteiger partial charge in [0, 0.05) is 42.0 Å². The zero-order valence-corrected chi connectivity index (χ0v) is 16.0. The van der Waals surface area contributed by atoms with E-state index < -0.39 is 0 Å². The number of likely N-dealkylation sites (tertiary alicyclic amines) is 1. The van der Waals surface area contributed by atoms with E-state index in [1.54, 1.807) is 13.2 Å². The molecule has 1 aromatic heterocycles. The minimum atomic E-state index is 0.130. The topological polar surface area (TPSA) is 77.9 Å². The molecule has 146 valence electrons. The second-order valence-corrected chi connectivity index (χ2v) is 7.67. The van der Waals surface area contributed by atoms with Crippen molar-refractivity contribution < 1.29 is 14.9 Å². The van der Waals surface area contributed by atoms with Gasteiger partial charge in [0.25, 0.3) is 0 Å². The number of aryl methyl sites for hydroxylation is 1. The Morgan fingerprint density at radius 3 is 2.96 bits per heavy atom. The summed E-state index contributed by atoms with van der Waals surface area (Å²) in [5.41, 5.74) is 4.43. The van der Waals surface area contributed by atoms with Gasteiger partial charge < -0.3 is 20.3 Å². The van der Waals surface area contributed by atoms with Gasteiger partial charge in [-0.1, -0.05) is 6.42 Å². The van der Waals surface area contributed by atoms with Gasteiger partial charge in [-0.05, 0) is 50.3 Å². The highest BCUT2D eigenvalue weighted by Crippen LogP contribution is 2.39. The maximum Gasteiger partial charge on any atom is 0.161 e. The molecule has 2 heterocycles. The minimum absolute atomic E-state index is 0.130. The van der Waals surface area contributed by atoms with E-state index in [9.17, 15) is 10.2 Å². The number of aromatic hydroxyl groups is 1. The lowest BCUT2D eigenvalue weighted by atomic mass is 10.0. The molecule has 1 atom stereocenters. The molecule has 1 saturated heterocycles. The molecule has 0 unspecified atom stereocenters. The number of aliphatic hydroxyl groups excluding tert-OH is 1. The van der Waals surface area contributed by atoms with E-state index in [0.717, 1.165) is 67.6 Å². The van der Waals surface area contributed by atoms with Gasteiger partial charge in [-0.3, -0.25) is 9.88 Å². The highest BCUT2D eigenvalue weighted by molar-refractivity contribution is 5.96. The first kappa shape index (κ1) is 18.3. The molecule has 27 heavy (non-hydrogen) atoms. The lowest BCUT2D eigenvalue weighted by Crippen LogP contribution is -2.37. The predicted octanol–water partition coefficient (Wildman–Crippen LogP) is 2.70. The molecule has 4 rings (SSSR count). The van der Waals surface area contributed by atoms with E-state index in [0.29, 0.717) is 11.8 Å². The monoisotopic (exact) mass is 371 g/mol. The number of nitrogens with zero attached hydrogens (tertiary/aromatic N) is 2. The van der Waals surface area contributed by atoms with E-state index in [1.165, 1.54) is 18.4 Å². The number of phenolic OH excluding ortho intramolecular Hbond substituents is 1. The second kappa shape index (κ2) is 7.90. The van der Waals surface area contributed by atoms with Crippen LogP contribution in [0.5, 0.6) is 11.5 Å². The third-order valence-corrected chi connectivity index (χ3v) is 5.83. The molecule has 0 radical (unpaired) electrons. The molecular formula is C21H29N3O3. The Balaban J connectivity index is 1.73. The third-order valence-electron chi connectivity index (χ3n) is 5.83. The molecule has 6 nitrogen and oxygen atoms in total. The summed E-state index contributed by atoms with van der Waals surface area (Å²) in [4.78, 5) is 7.16. The number of aliphatic hydroxyl groups is 1. The molecule has 1 aliphatic heterocycles.